The molecule has 5 heteroatoms. The molecule has 4 atom stereocenters. The van der Waals surface area contributed by atoms with E-state index in [1.54, 1.807) is 24.3 Å². The van der Waals surface area contributed by atoms with E-state index in [1.807, 2.05) is 6.07 Å². The molecule has 0 bridgehead atoms. The molecule has 1 saturated heterocycles. The van der Waals surface area contributed by atoms with Gasteiger partial charge in [-0.2, -0.15) is 0 Å². The molecule has 1 unspecified atom stereocenters. The van der Waals surface area contributed by atoms with Gasteiger partial charge in [-0.3, -0.25) is 4.79 Å². The summed E-state index contributed by atoms with van der Waals surface area (Å²) in [4.78, 5) is 12.9. The molecule has 3 N–H and O–H groups in total. The van der Waals surface area contributed by atoms with Gasteiger partial charge in [0.05, 0.1) is 0 Å². The zero-order chi connectivity index (χ0) is 17.4. The zero-order valence-electron chi connectivity index (χ0n) is 13.8. The Hall–Kier alpha value is -2.24. The maximum absolute atomic E-state index is 13.3. The van der Waals surface area contributed by atoms with Crippen LogP contribution in [0.3, 0.4) is 0 Å². The molecule has 130 valence electrons. The van der Waals surface area contributed by atoms with E-state index < -0.39 is 17.3 Å². The molecule has 4 nitrogen and oxygen atoms in total. The third kappa shape index (κ3) is 2.83. The lowest BCUT2D eigenvalue weighted by atomic mass is 9.85. The van der Waals surface area contributed by atoms with Gasteiger partial charge in [0.2, 0.25) is 0 Å². The SMILES string of the molecule is O=C(NCC1[C@H]2CNC[C@@H]12)[C@@](O)(c1ccccc1)c1ccc(F)cc1. The Morgan fingerprint density at radius 1 is 1.08 bits per heavy atom. The molecule has 2 aromatic carbocycles. The highest BCUT2D eigenvalue weighted by molar-refractivity contribution is 5.90. The lowest BCUT2D eigenvalue weighted by molar-refractivity contribution is -0.136. The van der Waals surface area contributed by atoms with Crippen LogP contribution in [0, 0.1) is 23.6 Å². The maximum Gasteiger partial charge on any atom is 0.261 e. The normalized spacial score (nSPS) is 26.6. The molecule has 2 fully saturated rings. The molecule has 0 radical (unpaired) electrons. The van der Waals surface area contributed by atoms with Crippen LogP contribution in [-0.2, 0) is 10.4 Å². The summed E-state index contributed by atoms with van der Waals surface area (Å²) in [5, 5.41) is 17.5. The number of hydrogen-bond acceptors (Lipinski definition) is 3. The van der Waals surface area contributed by atoms with Gasteiger partial charge in [-0.25, -0.2) is 4.39 Å². The van der Waals surface area contributed by atoms with Crippen LogP contribution in [0.4, 0.5) is 4.39 Å². The molecular formula is C20H21FN2O2. The van der Waals surface area contributed by atoms with Gasteiger partial charge in [-0.15, -0.1) is 0 Å². The minimum atomic E-state index is -1.84. The monoisotopic (exact) mass is 340 g/mol. The Labute approximate surface area is 146 Å². The van der Waals surface area contributed by atoms with Crippen molar-refractivity contribution in [3.05, 3.63) is 71.5 Å². The van der Waals surface area contributed by atoms with Crippen molar-refractivity contribution in [2.45, 2.75) is 5.60 Å². The van der Waals surface area contributed by atoms with Crippen molar-refractivity contribution < 1.29 is 14.3 Å². The summed E-state index contributed by atoms with van der Waals surface area (Å²) >= 11 is 0. The highest BCUT2D eigenvalue weighted by Gasteiger charge is 2.53. The molecule has 1 amide bonds. The van der Waals surface area contributed by atoms with Crippen molar-refractivity contribution >= 4 is 5.91 Å². The van der Waals surface area contributed by atoms with E-state index in [1.165, 1.54) is 24.3 Å². The minimum absolute atomic E-state index is 0.357. The van der Waals surface area contributed by atoms with Crippen molar-refractivity contribution in [3.8, 4) is 0 Å². The molecule has 2 aromatic rings. The number of aliphatic hydroxyl groups is 1. The van der Waals surface area contributed by atoms with E-state index in [9.17, 15) is 14.3 Å². The number of carbonyl (C=O) groups excluding carboxylic acids is 1. The average Bonchev–Trinajstić information content (AvgIpc) is 3.07. The van der Waals surface area contributed by atoms with E-state index in [0.29, 0.717) is 35.4 Å². The van der Waals surface area contributed by atoms with Crippen molar-refractivity contribution in [1.29, 1.82) is 0 Å². The number of piperidine rings is 1. The number of halogens is 1. The molecule has 25 heavy (non-hydrogen) atoms. The fraction of sp³-hybridized carbons (Fsp3) is 0.350. The standard InChI is InChI=1S/C20H21FN2O2/c21-15-8-6-14(7-9-15)20(25,13-4-2-1-3-5-13)19(24)23-12-18-16-10-22-11-17(16)18/h1-9,16-18,22,25H,10-12H2,(H,23,24)/t16-,17+,18?,20-/m1/s1. The Bertz CT molecular complexity index is 755. The van der Waals surface area contributed by atoms with Gasteiger partial charge in [-0.05, 0) is 54.1 Å². The van der Waals surface area contributed by atoms with Gasteiger partial charge >= 0.3 is 0 Å². The summed E-state index contributed by atoms with van der Waals surface area (Å²) in [7, 11) is 0. The molecular weight excluding hydrogens is 319 g/mol. The van der Waals surface area contributed by atoms with E-state index in [-0.39, 0.29) is 0 Å². The second-order valence-corrected chi connectivity index (χ2v) is 6.94. The molecule has 0 spiro atoms. The molecule has 1 heterocycles. The third-order valence-corrected chi connectivity index (χ3v) is 5.55. The van der Waals surface area contributed by atoms with E-state index in [0.717, 1.165) is 13.1 Å². The Morgan fingerprint density at radius 2 is 1.68 bits per heavy atom. The van der Waals surface area contributed by atoms with Crippen LogP contribution < -0.4 is 10.6 Å². The second kappa shape index (κ2) is 6.24. The van der Waals surface area contributed by atoms with E-state index >= 15 is 0 Å². The van der Waals surface area contributed by atoms with E-state index in [4.69, 9.17) is 0 Å². The first-order valence-electron chi connectivity index (χ1n) is 8.63. The summed E-state index contributed by atoms with van der Waals surface area (Å²) in [6.07, 6.45) is 0. The Morgan fingerprint density at radius 3 is 2.32 bits per heavy atom. The molecule has 1 saturated carbocycles. The molecule has 2 aliphatic rings. The van der Waals surface area contributed by atoms with Crippen molar-refractivity contribution in [3.63, 3.8) is 0 Å². The second-order valence-electron chi connectivity index (χ2n) is 6.94. The third-order valence-electron chi connectivity index (χ3n) is 5.55. The number of hydrogen-bond donors (Lipinski definition) is 3. The van der Waals surface area contributed by atoms with Gasteiger partial charge < -0.3 is 15.7 Å². The number of nitrogens with one attached hydrogen (secondary N) is 2. The smallest absolute Gasteiger partial charge is 0.261 e. The summed E-state index contributed by atoms with van der Waals surface area (Å²) in [5.74, 6) is 0.881. The quantitative estimate of drug-likeness (QED) is 0.776. The van der Waals surface area contributed by atoms with Crippen LogP contribution in [0.1, 0.15) is 11.1 Å². The van der Waals surface area contributed by atoms with Gasteiger partial charge in [0.25, 0.3) is 5.91 Å². The summed E-state index contributed by atoms with van der Waals surface area (Å²) < 4.78 is 13.3. The minimum Gasteiger partial charge on any atom is -0.372 e. The lowest BCUT2D eigenvalue weighted by Crippen LogP contribution is -2.46. The van der Waals surface area contributed by atoms with Crippen LogP contribution in [0.2, 0.25) is 0 Å². The van der Waals surface area contributed by atoms with Crippen LogP contribution >= 0.6 is 0 Å². The van der Waals surface area contributed by atoms with Crippen molar-refractivity contribution in [1.82, 2.24) is 10.6 Å². The number of amides is 1. The van der Waals surface area contributed by atoms with Crippen molar-refractivity contribution in [2.24, 2.45) is 17.8 Å². The van der Waals surface area contributed by atoms with Gasteiger partial charge in [0.1, 0.15) is 5.82 Å². The summed E-state index contributed by atoms with van der Waals surface area (Å²) in [5.41, 5.74) is -1.01. The number of carbonyl (C=O) groups is 1. The summed E-state index contributed by atoms with van der Waals surface area (Å²) in [6, 6.07) is 14.2. The number of benzene rings is 2. The number of fused-ring (bicyclic) bond motifs is 1. The predicted octanol–water partition coefficient (Wildman–Crippen LogP) is 1.64. The van der Waals surface area contributed by atoms with Crippen LogP contribution in [0.15, 0.2) is 54.6 Å². The van der Waals surface area contributed by atoms with Crippen LogP contribution in [0.25, 0.3) is 0 Å². The molecule has 0 aromatic heterocycles. The average molecular weight is 340 g/mol. The Balaban J connectivity index is 1.58. The molecule has 1 aliphatic carbocycles. The lowest BCUT2D eigenvalue weighted by Gasteiger charge is -2.28. The van der Waals surface area contributed by atoms with Gasteiger partial charge in [0.15, 0.2) is 5.60 Å². The van der Waals surface area contributed by atoms with Crippen LogP contribution in [0.5, 0.6) is 0 Å². The fourth-order valence-corrected chi connectivity index (χ4v) is 3.99. The predicted molar refractivity (Wildman–Crippen MR) is 92.2 cm³/mol. The largest absolute Gasteiger partial charge is 0.372 e. The van der Waals surface area contributed by atoms with E-state index in [2.05, 4.69) is 10.6 Å². The maximum atomic E-state index is 13.3. The Kier molecular flexibility index (Phi) is 4.06. The van der Waals surface area contributed by atoms with Gasteiger partial charge in [0, 0.05) is 6.54 Å². The van der Waals surface area contributed by atoms with Crippen molar-refractivity contribution in [2.75, 3.05) is 19.6 Å². The first-order chi connectivity index (χ1) is 12.1. The number of rotatable bonds is 5. The highest BCUT2D eigenvalue weighted by atomic mass is 19.1. The molecule has 4 rings (SSSR count). The fourth-order valence-electron chi connectivity index (χ4n) is 3.99. The van der Waals surface area contributed by atoms with Gasteiger partial charge in [-0.1, -0.05) is 42.5 Å². The van der Waals surface area contributed by atoms with Crippen LogP contribution in [-0.4, -0.2) is 30.6 Å². The first-order valence-corrected chi connectivity index (χ1v) is 8.63. The highest BCUT2D eigenvalue weighted by Crippen LogP contribution is 2.48. The molecule has 1 aliphatic heterocycles. The zero-order valence-corrected chi connectivity index (χ0v) is 13.8. The summed E-state index contributed by atoms with van der Waals surface area (Å²) in [6.45, 7) is 2.57. The topological polar surface area (TPSA) is 61.4 Å². The first kappa shape index (κ1) is 16.2.